The molecular weight excluding hydrogens is 339 g/mol. The molecule has 1 heterocycles. The zero-order chi connectivity index (χ0) is 13.0. The van der Waals surface area contributed by atoms with Crippen LogP contribution in [-0.4, -0.2) is 27.3 Å². The van der Waals surface area contributed by atoms with Crippen LogP contribution < -0.4 is 5.32 Å². The smallest absolute Gasteiger partial charge is 0.152 e. The highest BCUT2D eigenvalue weighted by Gasteiger charge is 2.28. The van der Waals surface area contributed by atoms with Gasteiger partial charge in [0.1, 0.15) is 0 Å². The molecule has 1 atom stereocenters. The normalized spacial score (nSPS) is 19.3. The van der Waals surface area contributed by atoms with E-state index in [1.807, 2.05) is 18.2 Å². The maximum Gasteiger partial charge on any atom is 0.152 e. The highest BCUT2D eigenvalue weighted by atomic mass is 127. The number of benzene rings is 1. The monoisotopic (exact) mass is 358 g/mol. The molecule has 0 fully saturated rings. The topological polar surface area (TPSA) is 35.5 Å². The third-order valence-electron chi connectivity index (χ3n) is 3.14. The lowest BCUT2D eigenvalue weighted by atomic mass is 10.1. The van der Waals surface area contributed by atoms with Crippen LogP contribution in [0.15, 0.2) is 36.0 Å². The van der Waals surface area contributed by atoms with Gasteiger partial charge in [0.2, 0.25) is 0 Å². The predicted octanol–water partition coefficient (Wildman–Crippen LogP) is 2.77. The van der Waals surface area contributed by atoms with E-state index in [0.717, 1.165) is 29.9 Å². The number of rotatable bonds is 5. The minimum atomic E-state index is 0.0838. The summed E-state index contributed by atoms with van der Waals surface area (Å²) in [6.07, 6.45) is 2.31. The van der Waals surface area contributed by atoms with Gasteiger partial charge in [-0.05, 0) is 34.6 Å². The van der Waals surface area contributed by atoms with Crippen molar-refractivity contribution in [2.75, 3.05) is 13.2 Å². The van der Waals surface area contributed by atoms with Gasteiger partial charge in [-0.1, -0.05) is 43.7 Å². The summed E-state index contributed by atoms with van der Waals surface area (Å²) in [7, 11) is 0. The van der Waals surface area contributed by atoms with E-state index in [-0.39, 0.29) is 10.8 Å². The summed E-state index contributed by atoms with van der Waals surface area (Å²) in [4.78, 5) is 2.26. The molecule has 3 nitrogen and oxygen atoms in total. The van der Waals surface area contributed by atoms with E-state index in [0.29, 0.717) is 0 Å². The second-order valence-corrected chi connectivity index (χ2v) is 5.55. The molecular formula is C14H19IN2O. The molecule has 0 aromatic heterocycles. The molecule has 1 aliphatic rings. The molecule has 2 rings (SSSR count). The van der Waals surface area contributed by atoms with Gasteiger partial charge in [-0.3, -0.25) is 0 Å². The number of alkyl halides is 1. The van der Waals surface area contributed by atoms with Crippen LogP contribution in [0.2, 0.25) is 0 Å². The Morgan fingerprint density at radius 3 is 2.67 bits per heavy atom. The zero-order valence-electron chi connectivity index (χ0n) is 10.6. The van der Waals surface area contributed by atoms with Gasteiger partial charge >= 0.3 is 0 Å². The van der Waals surface area contributed by atoms with Gasteiger partial charge in [0, 0.05) is 6.54 Å². The van der Waals surface area contributed by atoms with Crippen LogP contribution in [-0.2, 0) is 0 Å². The van der Waals surface area contributed by atoms with Gasteiger partial charge in [0.15, 0.2) is 4.17 Å². The molecule has 0 amide bonds. The van der Waals surface area contributed by atoms with E-state index in [4.69, 9.17) is 0 Å². The van der Waals surface area contributed by atoms with Crippen molar-refractivity contribution >= 4 is 28.3 Å². The maximum absolute atomic E-state index is 9.64. The van der Waals surface area contributed by atoms with Crippen molar-refractivity contribution in [1.29, 1.82) is 0 Å². The summed E-state index contributed by atoms with van der Waals surface area (Å²) in [5, 5.41) is 13.1. The molecule has 2 N–H and O–H groups in total. The van der Waals surface area contributed by atoms with Crippen molar-refractivity contribution in [3.05, 3.63) is 41.6 Å². The van der Waals surface area contributed by atoms with Crippen molar-refractivity contribution in [2.24, 2.45) is 0 Å². The Morgan fingerprint density at radius 1 is 1.33 bits per heavy atom. The van der Waals surface area contributed by atoms with E-state index in [1.165, 1.54) is 6.42 Å². The predicted molar refractivity (Wildman–Crippen MR) is 83.0 cm³/mol. The fourth-order valence-corrected chi connectivity index (χ4v) is 3.09. The van der Waals surface area contributed by atoms with Gasteiger partial charge in [-0.15, -0.1) is 0 Å². The molecule has 1 unspecified atom stereocenters. The number of hydrogen-bond acceptors (Lipinski definition) is 3. The fourth-order valence-electron chi connectivity index (χ4n) is 2.16. The second-order valence-electron chi connectivity index (χ2n) is 4.37. The van der Waals surface area contributed by atoms with Crippen molar-refractivity contribution in [2.45, 2.75) is 23.9 Å². The van der Waals surface area contributed by atoms with Crippen LogP contribution in [0.5, 0.6) is 0 Å². The Hall–Kier alpha value is -0.750. The Kier molecular flexibility index (Phi) is 4.88. The first-order valence-electron chi connectivity index (χ1n) is 6.34. The number of aliphatic hydroxyl groups is 1. The molecule has 0 spiro atoms. The Morgan fingerprint density at radius 2 is 2.06 bits per heavy atom. The summed E-state index contributed by atoms with van der Waals surface area (Å²) in [6.45, 7) is 3.26. The Balaban J connectivity index is 2.27. The molecule has 0 bridgehead atoms. The van der Waals surface area contributed by atoms with Gasteiger partial charge in [0.25, 0.3) is 0 Å². The summed E-state index contributed by atoms with van der Waals surface area (Å²) in [6, 6.07) is 10.2. The SMILES string of the molecule is CCCCN1C(CO)=C(c2ccccc2)NC1I. The van der Waals surface area contributed by atoms with Crippen molar-refractivity contribution < 1.29 is 5.11 Å². The molecule has 0 saturated heterocycles. The van der Waals surface area contributed by atoms with E-state index in [9.17, 15) is 5.11 Å². The van der Waals surface area contributed by atoms with Crippen molar-refractivity contribution in [1.82, 2.24) is 10.2 Å². The lowest BCUT2D eigenvalue weighted by molar-refractivity contribution is 0.256. The third-order valence-corrected chi connectivity index (χ3v) is 4.12. The molecule has 18 heavy (non-hydrogen) atoms. The van der Waals surface area contributed by atoms with E-state index in [2.05, 4.69) is 51.9 Å². The van der Waals surface area contributed by atoms with Crippen LogP contribution in [0.3, 0.4) is 0 Å². The van der Waals surface area contributed by atoms with Crippen molar-refractivity contribution in [3.8, 4) is 0 Å². The summed E-state index contributed by atoms with van der Waals surface area (Å²) >= 11 is 2.38. The van der Waals surface area contributed by atoms with Crippen LogP contribution >= 0.6 is 22.6 Å². The lowest BCUT2D eigenvalue weighted by Crippen LogP contribution is -2.33. The van der Waals surface area contributed by atoms with Gasteiger partial charge in [-0.25, -0.2) is 0 Å². The highest BCUT2D eigenvalue weighted by Crippen LogP contribution is 2.29. The number of hydrogen-bond donors (Lipinski definition) is 2. The Labute approximate surface area is 122 Å². The average molecular weight is 358 g/mol. The first-order chi connectivity index (χ1) is 8.77. The molecule has 0 saturated carbocycles. The quantitative estimate of drug-likeness (QED) is 0.483. The summed E-state index contributed by atoms with van der Waals surface area (Å²) in [5.74, 6) is 0. The van der Waals surface area contributed by atoms with Gasteiger partial charge in [-0.2, -0.15) is 0 Å². The molecule has 4 heteroatoms. The van der Waals surface area contributed by atoms with Gasteiger partial charge < -0.3 is 15.3 Å². The van der Waals surface area contributed by atoms with Crippen molar-refractivity contribution in [3.63, 3.8) is 0 Å². The number of nitrogens with one attached hydrogen (secondary N) is 1. The first-order valence-corrected chi connectivity index (χ1v) is 7.59. The van der Waals surface area contributed by atoms with E-state index in [1.54, 1.807) is 0 Å². The largest absolute Gasteiger partial charge is 0.390 e. The van der Waals surface area contributed by atoms with Crippen LogP contribution in [0.25, 0.3) is 5.70 Å². The molecule has 0 aliphatic carbocycles. The second kappa shape index (κ2) is 6.43. The summed E-state index contributed by atoms with van der Waals surface area (Å²) < 4.78 is 0.228. The minimum Gasteiger partial charge on any atom is -0.390 e. The molecule has 98 valence electrons. The van der Waals surface area contributed by atoms with Gasteiger partial charge in [0.05, 0.1) is 18.0 Å². The lowest BCUT2D eigenvalue weighted by Gasteiger charge is -2.24. The maximum atomic E-state index is 9.64. The zero-order valence-corrected chi connectivity index (χ0v) is 12.7. The minimum absolute atomic E-state index is 0.0838. The third kappa shape index (κ3) is 2.80. The molecule has 1 aliphatic heterocycles. The van der Waals surface area contributed by atoms with Crippen LogP contribution in [0.1, 0.15) is 25.3 Å². The van der Waals surface area contributed by atoms with Crippen LogP contribution in [0.4, 0.5) is 0 Å². The van der Waals surface area contributed by atoms with E-state index >= 15 is 0 Å². The molecule has 1 aromatic rings. The summed E-state index contributed by atoms with van der Waals surface area (Å²) in [5.41, 5.74) is 3.21. The molecule has 1 aromatic carbocycles. The highest BCUT2D eigenvalue weighted by molar-refractivity contribution is 14.1. The number of halogens is 1. The average Bonchev–Trinajstić information content (AvgIpc) is 2.73. The van der Waals surface area contributed by atoms with E-state index < -0.39 is 0 Å². The van der Waals surface area contributed by atoms with Crippen LogP contribution in [0, 0.1) is 0 Å². The number of aliphatic hydroxyl groups excluding tert-OH is 1. The number of unbranched alkanes of at least 4 members (excludes halogenated alkanes) is 1. The standard InChI is InChI=1S/C14H19IN2O/c1-2-3-9-17-12(10-18)13(16-14(17)15)11-7-5-4-6-8-11/h4-8,14,16,18H,2-3,9-10H2,1H3. The fraction of sp³-hybridized carbons (Fsp3) is 0.429. The number of nitrogens with zero attached hydrogens (tertiary/aromatic N) is 1. The molecule has 0 radical (unpaired) electrons. The first kappa shape index (κ1) is 13.7. The Bertz CT molecular complexity index is 419.